The summed E-state index contributed by atoms with van der Waals surface area (Å²) in [7, 11) is 0. The van der Waals surface area contributed by atoms with Crippen LogP contribution in [0.2, 0.25) is 0 Å². The lowest BCUT2D eigenvalue weighted by Crippen LogP contribution is -2.50. The second-order valence-corrected chi connectivity index (χ2v) is 11.4. The molecule has 1 unspecified atom stereocenters. The second-order valence-electron chi connectivity index (χ2n) is 11.4. The zero-order valence-electron chi connectivity index (χ0n) is 21.4. The first-order valence-corrected chi connectivity index (χ1v) is 13.0. The minimum Gasteiger partial charge on any atom is -0.481 e. The van der Waals surface area contributed by atoms with Crippen molar-refractivity contribution < 1.29 is 28.9 Å². The number of carboxylic acids is 1. The van der Waals surface area contributed by atoms with Gasteiger partial charge >= 0.3 is 12.1 Å². The molecule has 2 rings (SSSR count). The minimum absolute atomic E-state index is 0.258. The molecular formula is C26H47NO6. The lowest BCUT2D eigenvalue weighted by Gasteiger charge is -2.37. The smallest absolute Gasteiger partial charge is 0.407 e. The highest BCUT2D eigenvalue weighted by atomic mass is 16.7. The molecule has 2 aliphatic rings. The van der Waals surface area contributed by atoms with Gasteiger partial charge in [0.05, 0.1) is 18.1 Å². The molecule has 33 heavy (non-hydrogen) atoms. The highest BCUT2D eigenvalue weighted by molar-refractivity contribution is 5.70. The van der Waals surface area contributed by atoms with Crippen LogP contribution in [0.15, 0.2) is 0 Å². The summed E-state index contributed by atoms with van der Waals surface area (Å²) in [5.41, 5.74) is -0.608. The van der Waals surface area contributed by atoms with E-state index in [1.54, 1.807) is 0 Å². The number of carbonyl (C=O) groups is 2. The summed E-state index contributed by atoms with van der Waals surface area (Å²) in [5, 5.41) is 13.0. The molecule has 1 aliphatic carbocycles. The van der Waals surface area contributed by atoms with Gasteiger partial charge in [0.15, 0.2) is 6.29 Å². The zero-order chi connectivity index (χ0) is 24.4. The molecule has 1 saturated carbocycles. The summed E-state index contributed by atoms with van der Waals surface area (Å²) in [6.07, 6.45) is 9.17. The van der Waals surface area contributed by atoms with Crippen molar-refractivity contribution in [2.45, 2.75) is 129 Å². The Bertz CT molecular complexity index is 590. The molecule has 0 aromatic heterocycles. The molecule has 0 radical (unpaired) electrons. The Kier molecular flexibility index (Phi) is 11.4. The number of nitrogens with one attached hydrogen (secondary N) is 1. The van der Waals surface area contributed by atoms with E-state index in [-0.39, 0.29) is 18.2 Å². The third-order valence-electron chi connectivity index (χ3n) is 6.55. The van der Waals surface area contributed by atoms with E-state index in [0.717, 1.165) is 38.5 Å². The minimum atomic E-state index is -0.810. The normalized spacial score (nSPS) is 23.0. The Labute approximate surface area is 200 Å². The van der Waals surface area contributed by atoms with Gasteiger partial charge in [-0.1, -0.05) is 46.0 Å². The van der Waals surface area contributed by atoms with E-state index in [9.17, 15) is 14.7 Å². The number of carbonyl (C=O) groups excluding carboxylic acids is 1. The van der Waals surface area contributed by atoms with Gasteiger partial charge in [-0.2, -0.15) is 0 Å². The maximum atomic E-state index is 12.8. The van der Waals surface area contributed by atoms with E-state index in [1.807, 2.05) is 34.6 Å². The fraction of sp³-hybridized carbons (Fsp3) is 0.923. The maximum absolute atomic E-state index is 12.8. The highest BCUT2D eigenvalue weighted by Gasteiger charge is 2.35. The van der Waals surface area contributed by atoms with Crippen LogP contribution >= 0.6 is 0 Å². The topological polar surface area (TPSA) is 94.1 Å². The molecule has 1 heterocycles. The van der Waals surface area contributed by atoms with Gasteiger partial charge in [0.2, 0.25) is 0 Å². The average molecular weight is 470 g/mol. The summed E-state index contributed by atoms with van der Waals surface area (Å²) < 4.78 is 17.8. The second kappa shape index (κ2) is 13.5. The first-order valence-electron chi connectivity index (χ1n) is 13.0. The molecule has 192 valence electrons. The maximum Gasteiger partial charge on any atom is 0.407 e. The van der Waals surface area contributed by atoms with Crippen molar-refractivity contribution in [1.82, 2.24) is 5.32 Å². The van der Waals surface area contributed by atoms with Crippen LogP contribution in [0.4, 0.5) is 4.79 Å². The summed E-state index contributed by atoms with van der Waals surface area (Å²) in [4.78, 5) is 24.9. The summed E-state index contributed by atoms with van der Waals surface area (Å²) in [6, 6.07) is -0.317. The van der Waals surface area contributed by atoms with Crippen molar-refractivity contribution >= 4 is 12.1 Å². The van der Waals surface area contributed by atoms with Crippen LogP contribution in [-0.2, 0) is 19.0 Å². The van der Waals surface area contributed by atoms with Crippen LogP contribution in [0.25, 0.3) is 0 Å². The number of hydrogen-bond acceptors (Lipinski definition) is 5. The summed E-state index contributed by atoms with van der Waals surface area (Å²) in [6.45, 7) is 10.3. The van der Waals surface area contributed by atoms with Gasteiger partial charge in [-0.25, -0.2) is 4.79 Å². The van der Waals surface area contributed by atoms with Crippen molar-refractivity contribution in [2.24, 2.45) is 17.8 Å². The van der Waals surface area contributed by atoms with Crippen LogP contribution < -0.4 is 5.32 Å². The van der Waals surface area contributed by atoms with Crippen LogP contribution in [-0.4, -0.2) is 47.8 Å². The van der Waals surface area contributed by atoms with E-state index in [2.05, 4.69) is 5.32 Å². The lowest BCUT2D eigenvalue weighted by atomic mass is 9.81. The van der Waals surface area contributed by atoms with E-state index in [1.165, 1.54) is 19.3 Å². The zero-order valence-corrected chi connectivity index (χ0v) is 21.4. The number of rotatable bonds is 11. The van der Waals surface area contributed by atoms with Gasteiger partial charge in [-0.15, -0.1) is 0 Å². The molecule has 2 N–H and O–H groups in total. The third kappa shape index (κ3) is 11.1. The standard InChI is InChI=1S/C26H47NO6/c1-18(2)15-20(24(28)29)17-22(32-23-13-9-10-14-31-23)21(16-19-11-7-6-8-12-19)27-25(30)33-26(3,4)5/h18-23H,6-17H2,1-5H3,(H,27,30)(H,28,29)/t20-,21+,22+,23?/m1/s1. The van der Waals surface area contributed by atoms with E-state index in [0.29, 0.717) is 25.4 Å². The molecule has 1 aliphatic heterocycles. The first kappa shape index (κ1) is 27.9. The number of ether oxygens (including phenoxy) is 3. The van der Waals surface area contributed by atoms with Crippen molar-refractivity contribution in [1.29, 1.82) is 0 Å². The predicted molar refractivity (Wildman–Crippen MR) is 128 cm³/mol. The largest absolute Gasteiger partial charge is 0.481 e. The van der Waals surface area contributed by atoms with Crippen molar-refractivity contribution in [2.75, 3.05) is 6.61 Å². The van der Waals surface area contributed by atoms with Crippen LogP contribution in [0.1, 0.15) is 105 Å². The number of aliphatic carboxylic acids is 1. The molecule has 7 heteroatoms. The molecule has 7 nitrogen and oxygen atoms in total. The Balaban J connectivity index is 2.24. The van der Waals surface area contributed by atoms with Gasteiger partial charge in [0.25, 0.3) is 0 Å². The molecule has 0 aromatic carbocycles. The Morgan fingerprint density at radius 1 is 1.03 bits per heavy atom. The van der Waals surface area contributed by atoms with E-state index < -0.39 is 29.7 Å². The summed E-state index contributed by atoms with van der Waals surface area (Å²) >= 11 is 0. The van der Waals surface area contributed by atoms with Gasteiger partial charge in [0, 0.05) is 6.61 Å². The first-order chi connectivity index (χ1) is 15.5. The fourth-order valence-electron chi connectivity index (χ4n) is 5.02. The molecule has 2 fully saturated rings. The number of alkyl carbamates (subject to hydrolysis) is 1. The number of carboxylic acid groups (broad SMARTS) is 1. The average Bonchev–Trinajstić information content (AvgIpc) is 2.72. The quantitative estimate of drug-likeness (QED) is 0.391. The molecule has 4 atom stereocenters. The SMILES string of the molecule is CC(C)C[C@H](C[C@H](OC1CCCCO1)[C@H](CC1CCCCC1)NC(=O)OC(C)(C)C)C(=O)O. The van der Waals surface area contributed by atoms with E-state index in [4.69, 9.17) is 14.2 Å². The summed E-state index contributed by atoms with van der Waals surface area (Å²) in [5.74, 6) is -0.595. The van der Waals surface area contributed by atoms with Crippen LogP contribution in [0.3, 0.4) is 0 Å². The fourth-order valence-corrected chi connectivity index (χ4v) is 5.02. The van der Waals surface area contributed by atoms with Gasteiger partial charge in [0.1, 0.15) is 5.60 Å². The van der Waals surface area contributed by atoms with Crippen molar-refractivity contribution in [3.8, 4) is 0 Å². The lowest BCUT2D eigenvalue weighted by molar-refractivity contribution is -0.199. The van der Waals surface area contributed by atoms with E-state index >= 15 is 0 Å². The Morgan fingerprint density at radius 2 is 1.70 bits per heavy atom. The van der Waals surface area contributed by atoms with Crippen molar-refractivity contribution in [3.05, 3.63) is 0 Å². The van der Waals surface area contributed by atoms with Crippen LogP contribution in [0.5, 0.6) is 0 Å². The van der Waals surface area contributed by atoms with Gasteiger partial charge in [-0.3, -0.25) is 4.79 Å². The third-order valence-corrected chi connectivity index (χ3v) is 6.55. The number of amides is 1. The molecular weight excluding hydrogens is 422 g/mol. The molecule has 1 saturated heterocycles. The molecule has 0 spiro atoms. The van der Waals surface area contributed by atoms with Crippen molar-refractivity contribution in [3.63, 3.8) is 0 Å². The van der Waals surface area contributed by atoms with Gasteiger partial charge < -0.3 is 24.6 Å². The predicted octanol–water partition coefficient (Wildman–Crippen LogP) is 5.90. The highest BCUT2D eigenvalue weighted by Crippen LogP contribution is 2.32. The van der Waals surface area contributed by atoms with Gasteiger partial charge in [-0.05, 0) is 71.1 Å². The molecule has 0 aromatic rings. The monoisotopic (exact) mass is 469 g/mol. The Hall–Kier alpha value is -1.34. The number of hydrogen-bond donors (Lipinski definition) is 2. The van der Waals surface area contributed by atoms with Crippen LogP contribution in [0, 0.1) is 17.8 Å². The molecule has 0 bridgehead atoms. The molecule has 1 amide bonds. The Morgan fingerprint density at radius 3 is 2.24 bits per heavy atom.